The molecule has 0 saturated carbocycles. The van der Waals surface area contributed by atoms with Crippen molar-refractivity contribution in [2.45, 2.75) is 38.3 Å². The number of halogens is 1. The maximum absolute atomic E-state index is 13.0. The molecule has 1 N–H and O–H groups in total. The van der Waals surface area contributed by atoms with Crippen LogP contribution >= 0.6 is 0 Å². The number of benzene rings is 1. The first kappa shape index (κ1) is 12.8. The van der Waals surface area contributed by atoms with E-state index in [2.05, 4.69) is 12.2 Å². The highest BCUT2D eigenvalue weighted by Crippen LogP contribution is 2.23. The minimum absolute atomic E-state index is 0.280. The smallest absolute Gasteiger partial charge is 0.124 e. The molecule has 4 heteroatoms. The second-order valence-electron chi connectivity index (χ2n) is 4.57. The van der Waals surface area contributed by atoms with E-state index in [0.29, 0.717) is 17.3 Å². The van der Waals surface area contributed by atoms with Gasteiger partial charge in [-0.15, -0.1) is 0 Å². The Morgan fingerprint density at radius 2 is 2.39 bits per heavy atom. The summed E-state index contributed by atoms with van der Waals surface area (Å²) in [5.41, 5.74) is 1.06. The number of rotatable bonds is 3. The minimum atomic E-state index is -0.379. The number of hydrogen-bond donors (Lipinski definition) is 1. The van der Waals surface area contributed by atoms with Gasteiger partial charge in [0.15, 0.2) is 0 Å². The number of nitrogens with zero attached hydrogens (tertiary/aromatic N) is 1. The van der Waals surface area contributed by atoms with Crippen LogP contribution in [0.25, 0.3) is 0 Å². The van der Waals surface area contributed by atoms with Gasteiger partial charge in [0, 0.05) is 12.6 Å². The summed E-state index contributed by atoms with van der Waals surface area (Å²) >= 11 is 0. The first-order valence-electron chi connectivity index (χ1n) is 6.30. The van der Waals surface area contributed by atoms with E-state index in [9.17, 15) is 4.39 Å². The van der Waals surface area contributed by atoms with Crippen molar-refractivity contribution in [1.29, 1.82) is 5.26 Å². The van der Waals surface area contributed by atoms with Crippen molar-refractivity contribution in [3.05, 3.63) is 29.6 Å². The van der Waals surface area contributed by atoms with Gasteiger partial charge in [0.2, 0.25) is 0 Å². The second kappa shape index (κ2) is 5.83. The molecule has 1 aromatic rings. The van der Waals surface area contributed by atoms with E-state index in [1.807, 2.05) is 6.07 Å². The number of ether oxygens (including phenoxy) is 1. The Hall–Kier alpha value is -1.60. The van der Waals surface area contributed by atoms with Crippen LogP contribution in [0.1, 0.15) is 31.7 Å². The summed E-state index contributed by atoms with van der Waals surface area (Å²) in [4.78, 5) is 0. The Kier molecular flexibility index (Phi) is 4.16. The Morgan fingerprint density at radius 1 is 1.56 bits per heavy atom. The van der Waals surface area contributed by atoms with Crippen LogP contribution in [0, 0.1) is 17.1 Å². The highest BCUT2D eigenvalue weighted by Gasteiger charge is 2.21. The Balaban J connectivity index is 2.07. The van der Waals surface area contributed by atoms with Crippen LogP contribution < -0.4 is 5.32 Å². The zero-order chi connectivity index (χ0) is 13.0. The van der Waals surface area contributed by atoms with Crippen LogP contribution in [-0.2, 0) is 4.74 Å². The van der Waals surface area contributed by atoms with Gasteiger partial charge in [-0.1, -0.05) is 6.92 Å². The normalized spacial score (nSPS) is 23.4. The molecular weight excluding hydrogens is 231 g/mol. The van der Waals surface area contributed by atoms with Gasteiger partial charge in [-0.3, -0.25) is 0 Å². The average molecular weight is 248 g/mol. The topological polar surface area (TPSA) is 45.0 Å². The van der Waals surface area contributed by atoms with Gasteiger partial charge < -0.3 is 10.1 Å². The number of anilines is 1. The molecule has 1 fully saturated rings. The van der Waals surface area contributed by atoms with Crippen molar-refractivity contribution in [2.24, 2.45) is 0 Å². The summed E-state index contributed by atoms with van der Waals surface area (Å²) in [6, 6.07) is 6.58. The maximum atomic E-state index is 13.0. The van der Waals surface area contributed by atoms with E-state index in [1.165, 1.54) is 12.1 Å². The van der Waals surface area contributed by atoms with Gasteiger partial charge in [-0.05, 0) is 37.5 Å². The summed E-state index contributed by atoms with van der Waals surface area (Å²) in [5.74, 6) is -0.379. The summed E-state index contributed by atoms with van der Waals surface area (Å²) in [5, 5.41) is 12.3. The summed E-state index contributed by atoms with van der Waals surface area (Å²) in [7, 11) is 0. The monoisotopic (exact) mass is 248 g/mol. The largest absolute Gasteiger partial charge is 0.381 e. The molecule has 1 aliphatic rings. The molecule has 1 aliphatic heterocycles. The lowest BCUT2D eigenvalue weighted by Gasteiger charge is -2.30. The van der Waals surface area contributed by atoms with E-state index in [1.54, 1.807) is 6.07 Å². The van der Waals surface area contributed by atoms with Gasteiger partial charge in [-0.25, -0.2) is 4.39 Å². The molecular formula is C14H17FN2O. The molecule has 0 bridgehead atoms. The number of nitrogens with one attached hydrogen (secondary N) is 1. The Morgan fingerprint density at radius 3 is 3.11 bits per heavy atom. The molecule has 2 unspecified atom stereocenters. The lowest BCUT2D eigenvalue weighted by Crippen LogP contribution is -2.33. The molecule has 1 heterocycles. The molecule has 0 aliphatic carbocycles. The SMILES string of the molecule is CCC1CC(Nc2ccc(F)cc2C#N)CCO1. The van der Waals surface area contributed by atoms with Gasteiger partial charge in [-0.2, -0.15) is 5.26 Å². The third kappa shape index (κ3) is 2.99. The minimum Gasteiger partial charge on any atom is -0.381 e. The fraction of sp³-hybridized carbons (Fsp3) is 0.500. The van der Waals surface area contributed by atoms with E-state index in [4.69, 9.17) is 10.00 Å². The zero-order valence-corrected chi connectivity index (χ0v) is 10.4. The van der Waals surface area contributed by atoms with Crippen LogP contribution in [0.4, 0.5) is 10.1 Å². The zero-order valence-electron chi connectivity index (χ0n) is 10.4. The first-order valence-corrected chi connectivity index (χ1v) is 6.30. The highest BCUT2D eigenvalue weighted by molar-refractivity contribution is 5.57. The highest BCUT2D eigenvalue weighted by atomic mass is 19.1. The first-order chi connectivity index (χ1) is 8.72. The van der Waals surface area contributed by atoms with E-state index in [0.717, 1.165) is 25.9 Å². The molecule has 1 saturated heterocycles. The van der Waals surface area contributed by atoms with E-state index < -0.39 is 0 Å². The predicted molar refractivity (Wildman–Crippen MR) is 67.8 cm³/mol. The average Bonchev–Trinajstić information content (AvgIpc) is 2.41. The van der Waals surface area contributed by atoms with Gasteiger partial charge in [0.05, 0.1) is 17.4 Å². The molecule has 96 valence electrons. The third-order valence-electron chi connectivity index (χ3n) is 3.28. The molecule has 1 aromatic carbocycles. The van der Waals surface area contributed by atoms with Gasteiger partial charge in [0.1, 0.15) is 11.9 Å². The summed E-state index contributed by atoms with van der Waals surface area (Å²) in [6.07, 6.45) is 3.12. The molecule has 0 radical (unpaired) electrons. The fourth-order valence-corrected chi connectivity index (χ4v) is 2.25. The quantitative estimate of drug-likeness (QED) is 0.894. The van der Waals surface area contributed by atoms with Gasteiger partial charge >= 0.3 is 0 Å². The lowest BCUT2D eigenvalue weighted by molar-refractivity contribution is 0.00925. The Bertz CT molecular complexity index is 456. The fourth-order valence-electron chi connectivity index (χ4n) is 2.25. The lowest BCUT2D eigenvalue weighted by atomic mass is 10.0. The third-order valence-corrected chi connectivity index (χ3v) is 3.28. The standard InChI is InChI=1S/C14H17FN2O/c1-2-13-8-12(5-6-18-13)17-14-4-3-11(15)7-10(14)9-16/h3-4,7,12-13,17H,2,5-6,8H2,1H3. The molecule has 2 rings (SSSR count). The van der Waals surface area contributed by atoms with Crippen molar-refractivity contribution in [3.63, 3.8) is 0 Å². The molecule has 3 nitrogen and oxygen atoms in total. The predicted octanol–water partition coefficient (Wildman–Crippen LogP) is 3.07. The van der Waals surface area contributed by atoms with Crippen LogP contribution in [0.5, 0.6) is 0 Å². The van der Waals surface area contributed by atoms with Crippen molar-refractivity contribution in [1.82, 2.24) is 0 Å². The van der Waals surface area contributed by atoms with Crippen LogP contribution in [0.2, 0.25) is 0 Å². The van der Waals surface area contributed by atoms with Crippen LogP contribution in [-0.4, -0.2) is 18.8 Å². The van der Waals surface area contributed by atoms with E-state index in [-0.39, 0.29) is 11.9 Å². The van der Waals surface area contributed by atoms with Crippen molar-refractivity contribution < 1.29 is 9.13 Å². The number of nitriles is 1. The molecule has 18 heavy (non-hydrogen) atoms. The molecule has 2 atom stereocenters. The van der Waals surface area contributed by atoms with Gasteiger partial charge in [0.25, 0.3) is 0 Å². The summed E-state index contributed by atoms with van der Waals surface area (Å²) in [6.45, 7) is 2.84. The van der Waals surface area contributed by atoms with Crippen LogP contribution in [0.3, 0.4) is 0 Å². The number of hydrogen-bond acceptors (Lipinski definition) is 3. The summed E-state index contributed by atoms with van der Waals surface area (Å²) < 4.78 is 18.6. The molecule has 0 spiro atoms. The molecule has 0 amide bonds. The van der Waals surface area contributed by atoms with Crippen molar-refractivity contribution in [3.8, 4) is 6.07 Å². The van der Waals surface area contributed by atoms with E-state index >= 15 is 0 Å². The maximum Gasteiger partial charge on any atom is 0.124 e. The molecule has 0 aromatic heterocycles. The van der Waals surface area contributed by atoms with Crippen molar-refractivity contribution in [2.75, 3.05) is 11.9 Å². The van der Waals surface area contributed by atoms with Crippen molar-refractivity contribution >= 4 is 5.69 Å². The van der Waals surface area contributed by atoms with Crippen LogP contribution in [0.15, 0.2) is 18.2 Å². The Labute approximate surface area is 107 Å². The second-order valence-corrected chi connectivity index (χ2v) is 4.57.